The highest BCUT2D eigenvalue weighted by molar-refractivity contribution is 7.90. The Labute approximate surface area is 122 Å². The third-order valence-corrected chi connectivity index (χ3v) is 4.81. The van der Waals surface area contributed by atoms with Crippen molar-refractivity contribution in [1.82, 2.24) is 0 Å². The number of rotatable bonds is 2. The first kappa shape index (κ1) is 14.4. The number of benzene rings is 2. The topological polar surface area (TPSA) is 34.1 Å². The summed E-state index contributed by atoms with van der Waals surface area (Å²) in [5.41, 5.74) is 2.57. The fraction of sp³-hybridized carbons (Fsp3) is 0.143. The third-order valence-electron chi connectivity index (χ3n) is 2.90. The van der Waals surface area contributed by atoms with Crippen molar-refractivity contribution < 1.29 is 8.42 Å². The molecule has 0 aliphatic heterocycles. The Bertz CT molecular complexity index is 697. The van der Waals surface area contributed by atoms with E-state index in [1.165, 1.54) is 6.26 Å². The van der Waals surface area contributed by atoms with E-state index in [-0.39, 0.29) is 0 Å². The fourth-order valence-electron chi connectivity index (χ4n) is 1.71. The Balaban J connectivity index is 2.49. The van der Waals surface area contributed by atoms with Crippen LogP contribution in [0.2, 0.25) is 10.0 Å². The maximum Gasteiger partial charge on any atom is 0.175 e. The highest BCUT2D eigenvalue weighted by Gasteiger charge is 2.09. The molecule has 0 fully saturated rings. The highest BCUT2D eigenvalue weighted by atomic mass is 35.5. The van der Waals surface area contributed by atoms with Gasteiger partial charge in [-0.1, -0.05) is 35.3 Å². The van der Waals surface area contributed by atoms with Gasteiger partial charge >= 0.3 is 0 Å². The molecule has 0 atom stereocenters. The summed E-state index contributed by atoms with van der Waals surface area (Å²) in [5.74, 6) is 0. The first-order chi connectivity index (χ1) is 8.79. The van der Waals surface area contributed by atoms with Gasteiger partial charge in [0.05, 0.1) is 4.90 Å². The molecule has 0 saturated heterocycles. The van der Waals surface area contributed by atoms with Crippen LogP contribution in [0, 0.1) is 6.92 Å². The van der Waals surface area contributed by atoms with Crippen molar-refractivity contribution >= 4 is 33.0 Å². The lowest BCUT2D eigenvalue weighted by molar-refractivity contribution is 0.602. The van der Waals surface area contributed by atoms with Crippen molar-refractivity contribution in [3.63, 3.8) is 0 Å². The molecule has 100 valence electrons. The summed E-state index contributed by atoms with van der Waals surface area (Å²) in [6.45, 7) is 1.85. The fourth-order valence-corrected chi connectivity index (χ4v) is 2.82. The van der Waals surface area contributed by atoms with Crippen molar-refractivity contribution in [3.8, 4) is 11.1 Å². The van der Waals surface area contributed by atoms with Crippen molar-refractivity contribution in [3.05, 3.63) is 52.0 Å². The van der Waals surface area contributed by atoms with Crippen LogP contribution in [-0.4, -0.2) is 14.7 Å². The molecule has 2 rings (SSSR count). The molecule has 0 aliphatic carbocycles. The van der Waals surface area contributed by atoms with Crippen molar-refractivity contribution in [1.29, 1.82) is 0 Å². The smallest absolute Gasteiger partial charge is 0.175 e. The van der Waals surface area contributed by atoms with Crippen LogP contribution in [0.5, 0.6) is 0 Å². The van der Waals surface area contributed by atoms with Crippen molar-refractivity contribution in [2.45, 2.75) is 11.8 Å². The SMILES string of the molecule is Cc1c(Cl)cc(-c2ccc(S(C)(=O)=O)cc2)cc1Cl. The summed E-state index contributed by atoms with van der Waals surface area (Å²) >= 11 is 12.2. The first-order valence-corrected chi connectivity index (χ1v) is 8.20. The van der Waals surface area contributed by atoms with Gasteiger partial charge in [-0.3, -0.25) is 0 Å². The van der Waals surface area contributed by atoms with Crippen molar-refractivity contribution in [2.75, 3.05) is 6.26 Å². The summed E-state index contributed by atoms with van der Waals surface area (Å²) in [7, 11) is -3.18. The highest BCUT2D eigenvalue weighted by Crippen LogP contribution is 2.31. The van der Waals surface area contributed by atoms with Gasteiger partial charge < -0.3 is 0 Å². The van der Waals surface area contributed by atoms with E-state index in [0.717, 1.165) is 16.7 Å². The summed E-state index contributed by atoms with van der Waals surface area (Å²) in [4.78, 5) is 0.292. The Kier molecular flexibility index (Phi) is 3.90. The van der Waals surface area contributed by atoms with E-state index < -0.39 is 9.84 Å². The molecule has 0 bridgehead atoms. The molecule has 2 aromatic carbocycles. The van der Waals surface area contributed by atoms with Gasteiger partial charge in [0.15, 0.2) is 9.84 Å². The van der Waals surface area contributed by atoms with Gasteiger partial charge in [0.2, 0.25) is 0 Å². The van der Waals surface area contributed by atoms with E-state index in [1.807, 2.05) is 19.1 Å². The zero-order valence-electron chi connectivity index (χ0n) is 10.4. The zero-order valence-corrected chi connectivity index (χ0v) is 12.8. The quantitative estimate of drug-likeness (QED) is 0.824. The van der Waals surface area contributed by atoms with Gasteiger partial charge in [0.1, 0.15) is 0 Å². The molecule has 2 aromatic rings. The minimum Gasteiger partial charge on any atom is -0.224 e. The minimum absolute atomic E-state index is 0.292. The van der Waals surface area contributed by atoms with Crippen LogP contribution in [0.4, 0.5) is 0 Å². The molecule has 0 saturated carbocycles. The lowest BCUT2D eigenvalue weighted by Crippen LogP contribution is -1.96. The van der Waals surface area contributed by atoms with Gasteiger partial charge in [-0.25, -0.2) is 8.42 Å². The van der Waals surface area contributed by atoms with Crippen LogP contribution in [0.25, 0.3) is 11.1 Å². The van der Waals surface area contributed by atoms with Crippen LogP contribution in [0.1, 0.15) is 5.56 Å². The molecule has 0 N–H and O–H groups in total. The van der Waals surface area contributed by atoms with E-state index in [4.69, 9.17) is 23.2 Å². The first-order valence-electron chi connectivity index (χ1n) is 5.55. The predicted octanol–water partition coefficient (Wildman–Crippen LogP) is 4.37. The summed E-state index contributed by atoms with van der Waals surface area (Å²) < 4.78 is 22.8. The maximum absolute atomic E-state index is 11.4. The number of sulfone groups is 1. The van der Waals surface area contributed by atoms with Gasteiger partial charge in [-0.05, 0) is 47.9 Å². The third kappa shape index (κ3) is 3.11. The largest absolute Gasteiger partial charge is 0.224 e. The molecular formula is C14H12Cl2O2S. The predicted molar refractivity (Wildman–Crippen MR) is 79.7 cm³/mol. The molecule has 2 nitrogen and oxygen atoms in total. The Morgan fingerprint density at radius 1 is 0.895 bits per heavy atom. The normalized spacial score (nSPS) is 11.6. The van der Waals surface area contributed by atoms with E-state index in [0.29, 0.717) is 14.9 Å². The van der Waals surface area contributed by atoms with Crippen LogP contribution in [-0.2, 0) is 9.84 Å². The zero-order chi connectivity index (χ0) is 14.2. The van der Waals surface area contributed by atoms with Crippen LogP contribution in [0.3, 0.4) is 0 Å². The molecule has 0 unspecified atom stereocenters. The number of halogens is 2. The van der Waals surface area contributed by atoms with Gasteiger partial charge in [0, 0.05) is 16.3 Å². The molecule has 19 heavy (non-hydrogen) atoms. The van der Waals surface area contributed by atoms with Gasteiger partial charge in [-0.15, -0.1) is 0 Å². The monoisotopic (exact) mass is 314 g/mol. The van der Waals surface area contributed by atoms with E-state index in [9.17, 15) is 8.42 Å². The lowest BCUT2D eigenvalue weighted by Gasteiger charge is -2.07. The maximum atomic E-state index is 11.4. The molecule has 0 heterocycles. The second-order valence-electron chi connectivity index (χ2n) is 4.36. The van der Waals surface area contributed by atoms with Gasteiger partial charge in [-0.2, -0.15) is 0 Å². The molecule has 5 heteroatoms. The molecule has 0 aliphatic rings. The second kappa shape index (κ2) is 5.16. The summed E-state index contributed by atoms with van der Waals surface area (Å²) in [6.07, 6.45) is 1.18. The lowest BCUT2D eigenvalue weighted by atomic mass is 10.0. The standard InChI is InChI=1S/C14H12Cl2O2S/c1-9-13(15)7-11(8-14(9)16)10-3-5-12(6-4-10)19(2,17)18/h3-8H,1-2H3. The van der Waals surface area contributed by atoms with E-state index in [1.54, 1.807) is 24.3 Å². The molecule has 0 aromatic heterocycles. The second-order valence-corrected chi connectivity index (χ2v) is 7.19. The molecule has 0 radical (unpaired) electrons. The van der Waals surface area contributed by atoms with Crippen molar-refractivity contribution in [2.24, 2.45) is 0 Å². The van der Waals surface area contributed by atoms with E-state index >= 15 is 0 Å². The Hall–Kier alpha value is -1.03. The Morgan fingerprint density at radius 2 is 1.37 bits per heavy atom. The minimum atomic E-state index is -3.18. The Morgan fingerprint density at radius 3 is 1.79 bits per heavy atom. The molecular weight excluding hydrogens is 303 g/mol. The van der Waals surface area contributed by atoms with E-state index in [2.05, 4.69) is 0 Å². The average Bonchev–Trinajstić information content (AvgIpc) is 2.34. The van der Waals surface area contributed by atoms with Crippen LogP contribution >= 0.6 is 23.2 Å². The van der Waals surface area contributed by atoms with Crippen LogP contribution in [0.15, 0.2) is 41.3 Å². The average molecular weight is 315 g/mol. The summed E-state index contributed by atoms with van der Waals surface area (Å²) in [6, 6.07) is 10.3. The molecule has 0 amide bonds. The molecule has 0 spiro atoms. The number of hydrogen-bond donors (Lipinski definition) is 0. The van der Waals surface area contributed by atoms with Gasteiger partial charge in [0.25, 0.3) is 0 Å². The number of hydrogen-bond acceptors (Lipinski definition) is 2. The summed E-state index contributed by atoms with van der Waals surface area (Å²) in [5, 5.41) is 1.18. The van der Waals surface area contributed by atoms with Crippen LogP contribution < -0.4 is 0 Å².